The van der Waals surface area contributed by atoms with Crippen LogP contribution in [-0.2, 0) is 6.42 Å². The molecular formula is C16H15NO4. The lowest BCUT2D eigenvalue weighted by Crippen LogP contribution is -2.41. The maximum atomic E-state index is 12.4. The normalized spacial score (nSPS) is 11.6. The van der Waals surface area contributed by atoms with Crippen LogP contribution < -0.4 is 5.32 Å². The van der Waals surface area contributed by atoms with Crippen LogP contribution in [-0.4, -0.2) is 28.1 Å². The number of amides is 1. The van der Waals surface area contributed by atoms with Crippen LogP contribution in [0.1, 0.15) is 15.9 Å². The molecule has 0 bridgehead atoms. The molecule has 0 aliphatic heterocycles. The molecule has 0 unspecified atom stereocenters. The molecule has 2 aromatic rings. The molecule has 0 radical (unpaired) electrons. The number of carboxylic acid groups (broad SMARTS) is 1. The Balaban J connectivity index is 2.20. The summed E-state index contributed by atoms with van der Waals surface area (Å²) in [5, 5.41) is 20.4. The van der Waals surface area contributed by atoms with Gasteiger partial charge < -0.3 is 15.5 Å². The minimum absolute atomic E-state index is 0.0531. The van der Waals surface area contributed by atoms with Crippen molar-refractivity contribution in [3.05, 3.63) is 65.7 Å². The molecule has 5 heteroatoms. The molecule has 1 amide bonds. The Hall–Kier alpha value is -2.82. The molecule has 0 aliphatic carbocycles. The number of rotatable bonds is 5. The van der Waals surface area contributed by atoms with Crippen molar-refractivity contribution < 1.29 is 19.8 Å². The molecule has 1 atom stereocenters. The summed E-state index contributed by atoms with van der Waals surface area (Å²) in [7, 11) is 0. The highest BCUT2D eigenvalue weighted by atomic mass is 16.4. The van der Waals surface area contributed by atoms with E-state index in [0.717, 1.165) is 5.56 Å². The number of hydrogen-bond acceptors (Lipinski definition) is 3. The highest BCUT2D eigenvalue weighted by Crippen LogP contribution is 2.13. The molecule has 2 aromatic carbocycles. The Labute approximate surface area is 121 Å². The van der Waals surface area contributed by atoms with Gasteiger partial charge in [0.2, 0.25) is 0 Å². The van der Waals surface area contributed by atoms with Crippen molar-refractivity contribution in [2.75, 3.05) is 0 Å². The number of carbonyl (C=O) groups is 2. The van der Waals surface area contributed by atoms with Gasteiger partial charge in [-0.15, -0.1) is 0 Å². The van der Waals surface area contributed by atoms with E-state index in [1.807, 2.05) is 30.3 Å². The second-order valence-electron chi connectivity index (χ2n) is 4.60. The summed E-state index contributed by atoms with van der Waals surface area (Å²) in [6, 6.07) is 14.1. The molecule has 5 nitrogen and oxygen atoms in total. The van der Waals surface area contributed by atoms with Crippen LogP contribution in [0.5, 0.6) is 5.75 Å². The smallest absolute Gasteiger partial charge is 0.405 e. The Morgan fingerprint density at radius 3 is 2.19 bits per heavy atom. The zero-order valence-corrected chi connectivity index (χ0v) is 11.2. The molecule has 0 heterocycles. The van der Waals surface area contributed by atoms with E-state index < -0.39 is 12.1 Å². The Kier molecular flexibility index (Phi) is 4.56. The number of ketones is 1. The van der Waals surface area contributed by atoms with E-state index in [-0.39, 0.29) is 18.0 Å². The average molecular weight is 285 g/mol. The van der Waals surface area contributed by atoms with Gasteiger partial charge in [0, 0.05) is 12.0 Å². The van der Waals surface area contributed by atoms with Gasteiger partial charge in [0.05, 0.1) is 6.04 Å². The first-order valence-electron chi connectivity index (χ1n) is 6.43. The van der Waals surface area contributed by atoms with E-state index in [4.69, 9.17) is 5.11 Å². The predicted octanol–water partition coefficient (Wildman–Crippen LogP) is 2.45. The minimum atomic E-state index is -1.25. The number of hydrogen-bond donors (Lipinski definition) is 3. The Bertz CT molecular complexity index is 622. The molecule has 0 aliphatic rings. The molecule has 3 N–H and O–H groups in total. The lowest BCUT2D eigenvalue weighted by Gasteiger charge is -2.16. The van der Waals surface area contributed by atoms with Gasteiger partial charge in [-0.25, -0.2) is 4.79 Å². The molecule has 0 fully saturated rings. The zero-order valence-electron chi connectivity index (χ0n) is 11.2. The lowest BCUT2D eigenvalue weighted by molar-refractivity contribution is 0.0936. The second-order valence-corrected chi connectivity index (χ2v) is 4.60. The van der Waals surface area contributed by atoms with E-state index in [2.05, 4.69) is 5.32 Å². The molecule has 108 valence electrons. The van der Waals surface area contributed by atoms with E-state index in [1.165, 1.54) is 24.3 Å². The SMILES string of the molecule is O=C(O)N[C@@H](Cc1ccccc1)C(=O)c1ccc(O)cc1. The number of benzene rings is 2. The van der Waals surface area contributed by atoms with Crippen LogP contribution in [0.25, 0.3) is 0 Å². The van der Waals surface area contributed by atoms with Crippen molar-refractivity contribution >= 4 is 11.9 Å². The van der Waals surface area contributed by atoms with Gasteiger partial charge in [-0.1, -0.05) is 30.3 Å². The highest BCUT2D eigenvalue weighted by molar-refractivity contribution is 6.01. The minimum Gasteiger partial charge on any atom is -0.508 e. The molecule has 0 saturated heterocycles. The summed E-state index contributed by atoms with van der Waals surface area (Å²) in [4.78, 5) is 23.3. The second kappa shape index (κ2) is 6.56. The van der Waals surface area contributed by atoms with Crippen molar-refractivity contribution in [2.45, 2.75) is 12.5 Å². The lowest BCUT2D eigenvalue weighted by atomic mass is 9.97. The summed E-state index contributed by atoms with van der Waals surface area (Å²) in [5.74, 6) is -0.279. The fourth-order valence-corrected chi connectivity index (χ4v) is 2.04. The number of phenolic OH excluding ortho intramolecular Hbond substituents is 1. The van der Waals surface area contributed by atoms with Gasteiger partial charge in [0.25, 0.3) is 0 Å². The first-order valence-corrected chi connectivity index (χ1v) is 6.43. The number of aromatic hydroxyl groups is 1. The van der Waals surface area contributed by atoms with Crippen molar-refractivity contribution in [3.8, 4) is 5.75 Å². The topological polar surface area (TPSA) is 86.6 Å². The standard InChI is InChI=1S/C16H15NO4/c18-13-8-6-12(7-9-13)15(19)14(17-16(20)21)10-11-4-2-1-3-5-11/h1-9,14,17-18H,10H2,(H,20,21)/t14-/m0/s1. The van der Waals surface area contributed by atoms with Gasteiger partial charge >= 0.3 is 6.09 Å². The third-order valence-corrected chi connectivity index (χ3v) is 3.05. The van der Waals surface area contributed by atoms with E-state index in [9.17, 15) is 14.7 Å². The summed E-state index contributed by atoms with van der Waals surface area (Å²) < 4.78 is 0. The van der Waals surface area contributed by atoms with E-state index in [1.54, 1.807) is 0 Å². The van der Waals surface area contributed by atoms with Gasteiger partial charge in [0.15, 0.2) is 5.78 Å². The Morgan fingerprint density at radius 1 is 1.00 bits per heavy atom. The van der Waals surface area contributed by atoms with Crippen molar-refractivity contribution in [1.82, 2.24) is 5.32 Å². The highest BCUT2D eigenvalue weighted by Gasteiger charge is 2.22. The van der Waals surface area contributed by atoms with Crippen molar-refractivity contribution in [3.63, 3.8) is 0 Å². The largest absolute Gasteiger partial charge is 0.508 e. The van der Waals surface area contributed by atoms with Gasteiger partial charge in [-0.3, -0.25) is 4.79 Å². The quantitative estimate of drug-likeness (QED) is 0.736. The van der Waals surface area contributed by atoms with Crippen LogP contribution in [0, 0.1) is 0 Å². The van der Waals surface area contributed by atoms with Crippen LogP contribution in [0.15, 0.2) is 54.6 Å². The third kappa shape index (κ3) is 4.07. The van der Waals surface area contributed by atoms with Crippen LogP contribution in [0.3, 0.4) is 0 Å². The van der Waals surface area contributed by atoms with Gasteiger partial charge in [-0.05, 0) is 29.8 Å². The van der Waals surface area contributed by atoms with Crippen LogP contribution in [0.2, 0.25) is 0 Å². The molecular weight excluding hydrogens is 270 g/mol. The molecule has 0 saturated carbocycles. The van der Waals surface area contributed by atoms with Gasteiger partial charge in [0.1, 0.15) is 5.75 Å². The number of phenols is 1. The summed E-state index contributed by atoms with van der Waals surface area (Å²) in [6.07, 6.45) is -0.976. The average Bonchev–Trinajstić information content (AvgIpc) is 2.47. The maximum absolute atomic E-state index is 12.4. The summed E-state index contributed by atoms with van der Waals surface area (Å²) in [5.41, 5.74) is 1.21. The number of Topliss-reactive ketones (excluding diaryl/α,β-unsaturated/α-hetero) is 1. The van der Waals surface area contributed by atoms with Crippen molar-refractivity contribution in [2.24, 2.45) is 0 Å². The van der Waals surface area contributed by atoms with Crippen LogP contribution in [0.4, 0.5) is 4.79 Å². The van der Waals surface area contributed by atoms with Gasteiger partial charge in [-0.2, -0.15) is 0 Å². The monoisotopic (exact) mass is 285 g/mol. The number of nitrogens with one attached hydrogen (secondary N) is 1. The fourth-order valence-electron chi connectivity index (χ4n) is 2.04. The first kappa shape index (κ1) is 14.6. The van der Waals surface area contributed by atoms with E-state index in [0.29, 0.717) is 5.56 Å². The molecule has 0 spiro atoms. The summed E-state index contributed by atoms with van der Waals surface area (Å²) in [6.45, 7) is 0. The first-order chi connectivity index (χ1) is 10.1. The predicted molar refractivity (Wildman–Crippen MR) is 77.5 cm³/mol. The molecule has 2 rings (SSSR count). The zero-order chi connectivity index (χ0) is 15.2. The molecule has 0 aromatic heterocycles. The Morgan fingerprint density at radius 2 is 1.62 bits per heavy atom. The number of carbonyl (C=O) groups excluding carboxylic acids is 1. The summed E-state index contributed by atoms with van der Waals surface area (Å²) >= 11 is 0. The fraction of sp³-hybridized carbons (Fsp3) is 0.125. The maximum Gasteiger partial charge on any atom is 0.405 e. The van der Waals surface area contributed by atoms with E-state index >= 15 is 0 Å². The molecule has 21 heavy (non-hydrogen) atoms. The van der Waals surface area contributed by atoms with Crippen molar-refractivity contribution in [1.29, 1.82) is 0 Å². The third-order valence-electron chi connectivity index (χ3n) is 3.05. The van der Waals surface area contributed by atoms with Crippen LogP contribution >= 0.6 is 0 Å².